The Hall–Kier alpha value is -2.38. The first-order valence-corrected chi connectivity index (χ1v) is 10.5. The Morgan fingerprint density at radius 3 is 2.63 bits per heavy atom. The Bertz CT molecular complexity index is 910. The lowest BCUT2D eigenvalue weighted by atomic mass is 10.3. The van der Waals surface area contributed by atoms with E-state index in [9.17, 15) is 4.79 Å². The molecule has 0 aliphatic heterocycles. The summed E-state index contributed by atoms with van der Waals surface area (Å²) in [6.07, 6.45) is 5.62. The van der Waals surface area contributed by atoms with Gasteiger partial charge in [0.25, 0.3) is 0 Å². The average molecular weight is 400 g/mol. The van der Waals surface area contributed by atoms with Gasteiger partial charge < -0.3 is 10.1 Å². The molecule has 7 heteroatoms. The molecule has 1 unspecified atom stereocenters. The number of ether oxygens (including phenoxy) is 1. The molecule has 0 fully saturated rings. The monoisotopic (exact) mass is 399 g/mol. The van der Waals surface area contributed by atoms with E-state index in [0.29, 0.717) is 0 Å². The van der Waals surface area contributed by atoms with Gasteiger partial charge in [-0.05, 0) is 49.6 Å². The molecule has 3 rings (SSSR count). The topological polar surface area (TPSA) is 56.2 Å². The zero-order valence-electron chi connectivity index (χ0n) is 15.4. The van der Waals surface area contributed by atoms with E-state index in [1.165, 1.54) is 11.8 Å². The normalized spacial score (nSPS) is 11.8. The summed E-state index contributed by atoms with van der Waals surface area (Å²) in [5, 5.41) is 3.49. The summed E-state index contributed by atoms with van der Waals surface area (Å²) in [7, 11) is 1.64. The zero-order chi connectivity index (χ0) is 19.2. The van der Waals surface area contributed by atoms with E-state index in [-0.39, 0.29) is 11.2 Å². The van der Waals surface area contributed by atoms with Gasteiger partial charge in [0.2, 0.25) is 5.91 Å². The van der Waals surface area contributed by atoms with Crippen LogP contribution in [-0.2, 0) is 4.79 Å². The lowest BCUT2D eigenvalue weighted by Crippen LogP contribution is -2.23. The molecule has 0 radical (unpaired) electrons. The fourth-order valence-corrected chi connectivity index (χ4v) is 3.95. The van der Waals surface area contributed by atoms with Crippen LogP contribution in [0.25, 0.3) is 5.69 Å². The van der Waals surface area contributed by atoms with E-state index in [4.69, 9.17) is 4.74 Å². The number of hydrogen-bond acceptors (Lipinski definition) is 5. The summed E-state index contributed by atoms with van der Waals surface area (Å²) in [5.74, 6) is 0.749. The maximum absolute atomic E-state index is 12.6. The van der Waals surface area contributed by atoms with E-state index in [0.717, 1.165) is 27.2 Å². The van der Waals surface area contributed by atoms with Crippen LogP contribution in [0.15, 0.2) is 71.0 Å². The summed E-state index contributed by atoms with van der Waals surface area (Å²) in [6.45, 7) is 1.88. The van der Waals surface area contributed by atoms with Crippen molar-refractivity contribution in [2.45, 2.75) is 22.2 Å². The zero-order valence-corrected chi connectivity index (χ0v) is 17.0. The molecule has 1 aromatic heterocycles. The van der Waals surface area contributed by atoms with Gasteiger partial charge in [0.05, 0.1) is 18.0 Å². The highest BCUT2D eigenvalue weighted by Crippen LogP contribution is 2.28. The average Bonchev–Trinajstić information content (AvgIpc) is 3.16. The molecule has 1 atom stereocenters. The van der Waals surface area contributed by atoms with Crippen molar-refractivity contribution in [2.24, 2.45) is 0 Å². The Morgan fingerprint density at radius 2 is 1.93 bits per heavy atom. The molecular formula is C20H21N3O2S2. The van der Waals surface area contributed by atoms with Crippen molar-refractivity contribution < 1.29 is 9.53 Å². The highest BCUT2D eigenvalue weighted by atomic mass is 32.2. The number of nitrogens with one attached hydrogen (secondary N) is 1. The SMILES string of the molecule is COc1ccc(-n2ccnc2SC(C)C(=O)Nc2ccccc2SC)cc1. The molecule has 0 spiro atoms. The van der Waals surface area contributed by atoms with Crippen molar-refractivity contribution in [3.05, 3.63) is 60.9 Å². The van der Waals surface area contributed by atoms with Gasteiger partial charge in [0, 0.05) is 23.0 Å². The van der Waals surface area contributed by atoms with Gasteiger partial charge in [-0.15, -0.1) is 11.8 Å². The molecule has 0 saturated heterocycles. The van der Waals surface area contributed by atoms with Crippen LogP contribution in [0.4, 0.5) is 5.69 Å². The number of carbonyl (C=O) groups excluding carboxylic acids is 1. The molecule has 140 valence electrons. The van der Waals surface area contributed by atoms with Gasteiger partial charge in [-0.1, -0.05) is 23.9 Å². The van der Waals surface area contributed by atoms with Crippen molar-refractivity contribution in [1.29, 1.82) is 0 Å². The molecule has 0 aliphatic carbocycles. The van der Waals surface area contributed by atoms with Crippen molar-refractivity contribution in [1.82, 2.24) is 9.55 Å². The molecule has 0 aliphatic rings. The molecule has 0 saturated carbocycles. The number of benzene rings is 2. The van der Waals surface area contributed by atoms with Crippen molar-refractivity contribution >= 4 is 35.1 Å². The Morgan fingerprint density at radius 1 is 1.19 bits per heavy atom. The third-order valence-corrected chi connectivity index (χ3v) is 5.85. The predicted molar refractivity (Wildman–Crippen MR) is 112 cm³/mol. The maximum atomic E-state index is 12.6. The summed E-state index contributed by atoms with van der Waals surface area (Å²) in [5.41, 5.74) is 1.80. The molecule has 0 bridgehead atoms. The second kappa shape index (κ2) is 9.01. The van der Waals surface area contributed by atoms with Gasteiger partial charge in [0.15, 0.2) is 5.16 Å². The van der Waals surface area contributed by atoms with Crippen LogP contribution < -0.4 is 10.1 Å². The Kier molecular flexibility index (Phi) is 6.47. The number of aromatic nitrogens is 2. The van der Waals surface area contributed by atoms with E-state index in [1.54, 1.807) is 25.1 Å². The lowest BCUT2D eigenvalue weighted by molar-refractivity contribution is -0.115. The van der Waals surface area contributed by atoms with E-state index >= 15 is 0 Å². The number of nitrogens with zero attached hydrogens (tertiary/aromatic N) is 2. The number of hydrogen-bond donors (Lipinski definition) is 1. The molecular weight excluding hydrogens is 378 g/mol. The summed E-state index contributed by atoms with van der Waals surface area (Å²) >= 11 is 3.03. The molecule has 5 nitrogen and oxygen atoms in total. The number of rotatable bonds is 7. The summed E-state index contributed by atoms with van der Waals surface area (Å²) < 4.78 is 7.17. The second-order valence-corrected chi connectivity index (χ2v) is 7.88. The maximum Gasteiger partial charge on any atom is 0.237 e. The van der Waals surface area contributed by atoms with Crippen molar-refractivity contribution in [3.8, 4) is 11.4 Å². The second-order valence-electron chi connectivity index (χ2n) is 5.73. The van der Waals surface area contributed by atoms with E-state index < -0.39 is 0 Å². The van der Waals surface area contributed by atoms with E-state index in [1.807, 2.05) is 72.5 Å². The number of anilines is 1. The lowest BCUT2D eigenvalue weighted by Gasteiger charge is -2.14. The summed E-state index contributed by atoms with van der Waals surface area (Å²) in [6, 6.07) is 15.5. The predicted octanol–water partition coefficient (Wildman–Crippen LogP) is 4.72. The van der Waals surface area contributed by atoms with Gasteiger partial charge in [0.1, 0.15) is 5.75 Å². The molecule has 1 N–H and O–H groups in total. The first kappa shape index (κ1) is 19.4. The minimum Gasteiger partial charge on any atom is -0.497 e. The number of thioether (sulfide) groups is 2. The van der Waals surface area contributed by atoms with Crippen LogP contribution in [0.2, 0.25) is 0 Å². The van der Waals surface area contributed by atoms with Gasteiger partial charge in [-0.2, -0.15) is 0 Å². The number of para-hydroxylation sites is 1. The molecule has 1 amide bonds. The van der Waals surface area contributed by atoms with Crippen LogP contribution in [0.1, 0.15) is 6.92 Å². The largest absolute Gasteiger partial charge is 0.497 e. The van der Waals surface area contributed by atoms with Crippen LogP contribution in [-0.4, -0.2) is 34.1 Å². The summed E-state index contributed by atoms with van der Waals surface area (Å²) in [4.78, 5) is 18.1. The minimum atomic E-state index is -0.292. The molecule has 27 heavy (non-hydrogen) atoms. The molecule has 2 aromatic carbocycles. The van der Waals surface area contributed by atoms with Crippen LogP contribution in [0.3, 0.4) is 0 Å². The van der Waals surface area contributed by atoms with Crippen molar-refractivity contribution in [3.63, 3.8) is 0 Å². The van der Waals surface area contributed by atoms with E-state index in [2.05, 4.69) is 10.3 Å². The third-order valence-electron chi connectivity index (χ3n) is 3.97. The number of imidazole rings is 1. The quantitative estimate of drug-likeness (QED) is 0.583. The van der Waals surface area contributed by atoms with Gasteiger partial charge in [-0.25, -0.2) is 4.98 Å². The number of carbonyl (C=O) groups is 1. The number of methoxy groups -OCH3 is 1. The Labute approximate surface area is 167 Å². The number of amides is 1. The Balaban J connectivity index is 1.71. The first-order chi connectivity index (χ1) is 13.1. The molecule has 1 heterocycles. The highest BCUT2D eigenvalue weighted by molar-refractivity contribution is 8.00. The van der Waals surface area contributed by atoms with Gasteiger partial charge >= 0.3 is 0 Å². The van der Waals surface area contributed by atoms with Crippen LogP contribution in [0.5, 0.6) is 5.75 Å². The fraction of sp³-hybridized carbons (Fsp3) is 0.200. The van der Waals surface area contributed by atoms with Crippen LogP contribution >= 0.6 is 23.5 Å². The van der Waals surface area contributed by atoms with Gasteiger partial charge in [-0.3, -0.25) is 9.36 Å². The molecule has 3 aromatic rings. The smallest absolute Gasteiger partial charge is 0.237 e. The first-order valence-electron chi connectivity index (χ1n) is 8.40. The van der Waals surface area contributed by atoms with Crippen molar-refractivity contribution in [2.75, 3.05) is 18.7 Å². The third kappa shape index (κ3) is 4.67. The standard InChI is InChI=1S/C20H21N3O2S2/c1-14(19(24)22-17-6-4-5-7-18(17)26-3)27-20-21-12-13-23(20)15-8-10-16(25-2)11-9-15/h4-14H,1-3H3,(H,22,24). The minimum absolute atomic E-state index is 0.0502. The highest BCUT2D eigenvalue weighted by Gasteiger charge is 2.19. The fourth-order valence-electron chi connectivity index (χ4n) is 2.51. The van der Waals surface area contributed by atoms with Crippen LogP contribution in [0, 0.1) is 0 Å².